The third-order valence-electron chi connectivity index (χ3n) is 1.61. The highest BCUT2D eigenvalue weighted by Crippen LogP contribution is 1.98. The minimum atomic E-state index is -0.341. The van der Waals surface area contributed by atoms with Crippen molar-refractivity contribution in [1.29, 1.82) is 0 Å². The molecule has 0 saturated heterocycles. The average molecular weight is 201 g/mol. The molecular weight excluding hydrogens is 184 g/mol. The Labute approximate surface area is 84.6 Å². The molecule has 4 nitrogen and oxygen atoms in total. The third-order valence-corrected chi connectivity index (χ3v) is 1.61. The molecule has 0 aromatic rings. The molecule has 14 heavy (non-hydrogen) atoms. The maximum atomic E-state index is 11.0. The van der Waals surface area contributed by atoms with E-state index in [9.17, 15) is 9.59 Å². The Hall–Kier alpha value is -1.06. The number of hydrogen-bond acceptors (Lipinski definition) is 4. The van der Waals surface area contributed by atoms with Crippen LogP contribution in [0.2, 0.25) is 0 Å². The number of methoxy groups -OCH3 is 1. The molecule has 0 heterocycles. The summed E-state index contributed by atoms with van der Waals surface area (Å²) < 4.78 is 9.28. The zero-order chi connectivity index (χ0) is 10.8. The van der Waals surface area contributed by atoms with E-state index in [0.717, 1.165) is 12.8 Å². The first-order valence-corrected chi connectivity index (χ1v) is 4.74. The van der Waals surface area contributed by atoms with Crippen LogP contribution >= 0.6 is 0 Å². The largest absolute Gasteiger partial charge is 0.469 e. The van der Waals surface area contributed by atoms with Gasteiger partial charge in [-0.05, 0) is 12.8 Å². The van der Waals surface area contributed by atoms with Gasteiger partial charge in [0.15, 0.2) is 0 Å². The van der Waals surface area contributed by atoms with Crippen LogP contribution in [0, 0.1) is 6.42 Å². The summed E-state index contributed by atoms with van der Waals surface area (Å²) >= 11 is 0. The lowest BCUT2D eigenvalue weighted by atomic mass is 10.2. The fourth-order valence-corrected chi connectivity index (χ4v) is 0.780. The molecule has 0 N–H and O–H groups in total. The zero-order valence-corrected chi connectivity index (χ0v) is 8.75. The first-order valence-electron chi connectivity index (χ1n) is 4.74. The number of unbranched alkanes of at least 4 members (excludes halogenated alkanes) is 1. The van der Waals surface area contributed by atoms with Gasteiger partial charge >= 0.3 is 11.9 Å². The summed E-state index contributed by atoms with van der Waals surface area (Å²) in [6.07, 6.45) is 3.75. The fourth-order valence-electron chi connectivity index (χ4n) is 0.780. The Balaban J connectivity index is 3.31. The van der Waals surface area contributed by atoms with Crippen molar-refractivity contribution < 1.29 is 19.1 Å². The summed E-state index contributed by atoms with van der Waals surface area (Å²) in [5.41, 5.74) is 0. The van der Waals surface area contributed by atoms with Crippen molar-refractivity contribution in [2.45, 2.75) is 32.6 Å². The molecular formula is C10H17O4. The molecule has 0 amide bonds. The molecule has 0 aliphatic rings. The molecule has 0 atom stereocenters. The van der Waals surface area contributed by atoms with Crippen LogP contribution < -0.4 is 0 Å². The van der Waals surface area contributed by atoms with Crippen LogP contribution in [0.4, 0.5) is 0 Å². The molecule has 0 bridgehead atoms. The van der Waals surface area contributed by atoms with E-state index in [1.54, 1.807) is 6.42 Å². The van der Waals surface area contributed by atoms with Gasteiger partial charge < -0.3 is 9.47 Å². The minimum Gasteiger partial charge on any atom is -0.469 e. The van der Waals surface area contributed by atoms with Gasteiger partial charge in [-0.15, -0.1) is 0 Å². The van der Waals surface area contributed by atoms with E-state index in [1.807, 2.05) is 6.92 Å². The van der Waals surface area contributed by atoms with Crippen molar-refractivity contribution in [3.63, 3.8) is 0 Å². The predicted octanol–water partition coefficient (Wildman–Crippen LogP) is 1.49. The Bertz CT molecular complexity index is 177. The molecule has 1 radical (unpaired) electrons. The molecule has 0 aromatic heterocycles. The molecule has 0 rings (SSSR count). The lowest BCUT2D eigenvalue weighted by molar-refractivity contribution is -0.143. The predicted molar refractivity (Wildman–Crippen MR) is 51.4 cm³/mol. The lowest BCUT2D eigenvalue weighted by Gasteiger charge is -2.02. The van der Waals surface area contributed by atoms with Crippen LogP contribution in [0.5, 0.6) is 0 Å². The van der Waals surface area contributed by atoms with Crippen LogP contribution in [0.3, 0.4) is 0 Å². The van der Waals surface area contributed by atoms with Crippen molar-refractivity contribution >= 4 is 11.9 Å². The number of carbonyl (C=O) groups excluding carboxylic acids is 2. The van der Waals surface area contributed by atoms with E-state index in [-0.39, 0.29) is 24.8 Å². The highest BCUT2D eigenvalue weighted by molar-refractivity contribution is 5.74. The van der Waals surface area contributed by atoms with E-state index in [0.29, 0.717) is 6.61 Å². The number of carbonyl (C=O) groups is 2. The van der Waals surface area contributed by atoms with Crippen molar-refractivity contribution in [1.82, 2.24) is 0 Å². The zero-order valence-electron chi connectivity index (χ0n) is 8.75. The van der Waals surface area contributed by atoms with Gasteiger partial charge in [0.05, 0.1) is 13.7 Å². The van der Waals surface area contributed by atoms with Crippen LogP contribution in [0.25, 0.3) is 0 Å². The lowest BCUT2D eigenvalue weighted by Crippen LogP contribution is -2.07. The Morgan fingerprint density at radius 3 is 2.43 bits per heavy atom. The highest BCUT2D eigenvalue weighted by atomic mass is 16.5. The number of hydrogen-bond donors (Lipinski definition) is 0. The first kappa shape index (κ1) is 12.9. The van der Waals surface area contributed by atoms with Crippen LogP contribution in [0.1, 0.15) is 32.6 Å². The number of rotatable bonds is 7. The van der Waals surface area contributed by atoms with E-state index >= 15 is 0 Å². The summed E-state index contributed by atoms with van der Waals surface area (Å²) in [5, 5.41) is 0. The summed E-state index contributed by atoms with van der Waals surface area (Å²) in [6.45, 7) is 2.48. The Morgan fingerprint density at radius 2 is 1.86 bits per heavy atom. The van der Waals surface area contributed by atoms with E-state index in [1.165, 1.54) is 7.11 Å². The van der Waals surface area contributed by atoms with Crippen molar-refractivity contribution in [3.8, 4) is 0 Å². The van der Waals surface area contributed by atoms with Crippen molar-refractivity contribution in [2.24, 2.45) is 0 Å². The SMILES string of the molecule is CCCCOC(=O)C[CH]CC(=O)OC. The molecule has 0 aliphatic carbocycles. The van der Waals surface area contributed by atoms with Crippen LogP contribution in [-0.4, -0.2) is 25.7 Å². The second-order valence-electron chi connectivity index (χ2n) is 2.85. The van der Waals surface area contributed by atoms with Crippen molar-refractivity contribution in [3.05, 3.63) is 6.42 Å². The average Bonchev–Trinajstić information content (AvgIpc) is 2.18. The van der Waals surface area contributed by atoms with E-state index < -0.39 is 0 Å². The van der Waals surface area contributed by atoms with Crippen LogP contribution in [-0.2, 0) is 19.1 Å². The molecule has 0 aliphatic heterocycles. The maximum Gasteiger partial charge on any atom is 0.306 e. The van der Waals surface area contributed by atoms with Gasteiger partial charge in [-0.25, -0.2) is 0 Å². The summed E-state index contributed by atoms with van der Waals surface area (Å²) in [4.78, 5) is 21.6. The van der Waals surface area contributed by atoms with Gasteiger partial charge in [0, 0.05) is 12.8 Å². The quantitative estimate of drug-likeness (QED) is 0.462. The third kappa shape index (κ3) is 7.58. The van der Waals surface area contributed by atoms with Gasteiger partial charge in [-0.1, -0.05) is 13.3 Å². The summed E-state index contributed by atoms with van der Waals surface area (Å²) in [6, 6.07) is 0. The maximum absolute atomic E-state index is 11.0. The molecule has 0 unspecified atom stereocenters. The van der Waals surface area contributed by atoms with Gasteiger partial charge in [-0.2, -0.15) is 0 Å². The topological polar surface area (TPSA) is 52.6 Å². The Morgan fingerprint density at radius 1 is 1.21 bits per heavy atom. The molecule has 0 saturated carbocycles. The smallest absolute Gasteiger partial charge is 0.306 e. The summed E-state index contributed by atoms with van der Waals surface area (Å²) in [5.74, 6) is -0.631. The summed E-state index contributed by atoms with van der Waals surface area (Å²) in [7, 11) is 1.32. The van der Waals surface area contributed by atoms with E-state index in [4.69, 9.17) is 4.74 Å². The van der Waals surface area contributed by atoms with Crippen LogP contribution in [0.15, 0.2) is 0 Å². The Kier molecular flexibility index (Phi) is 7.89. The minimum absolute atomic E-state index is 0.152. The van der Waals surface area contributed by atoms with Crippen molar-refractivity contribution in [2.75, 3.05) is 13.7 Å². The molecule has 0 spiro atoms. The monoisotopic (exact) mass is 201 g/mol. The second-order valence-corrected chi connectivity index (χ2v) is 2.85. The van der Waals surface area contributed by atoms with Gasteiger partial charge in [0.25, 0.3) is 0 Å². The number of ether oxygens (including phenoxy) is 2. The standard InChI is InChI=1S/C10H17O4/c1-3-4-8-14-10(12)7-5-6-9(11)13-2/h5H,3-4,6-8H2,1-2H3. The fraction of sp³-hybridized carbons (Fsp3) is 0.700. The first-order chi connectivity index (χ1) is 6.70. The molecule has 81 valence electrons. The highest BCUT2D eigenvalue weighted by Gasteiger charge is 2.05. The molecule has 0 fully saturated rings. The normalized spacial score (nSPS) is 9.57. The molecule has 4 heteroatoms. The number of esters is 2. The van der Waals surface area contributed by atoms with Gasteiger partial charge in [-0.3, -0.25) is 9.59 Å². The van der Waals surface area contributed by atoms with Gasteiger partial charge in [0.1, 0.15) is 0 Å². The second kappa shape index (κ2) is 8.53. The molecule has 0 aromatic carbocycles. The van der Waals surface area contributed by atoms with Gasteiger partial charge in [0.2, 0.25) is 0 Å². The van der Waals surface area contributed by atoms with E-state index in [2.05, 4.69) is 4.74 Å².